The summed E-state index contributed by atoms with van der Waals surface area (Å²) in [6, 6.07) is 70.6. The second-order valence-electron chi connectivity index (χ2n) is 16.4. The van der Waals surface area contributed by atoms with E-state index in [1.165, 1.54) is 81.8 Å². The molecule has 10 aromatic rings. The molecule has 1 atom stereocenters. The highest BCUT2D eigenvalue weighted by atomic mass is 32.2. The van der Waals surface area contributed by atoms with Crippen molar-refractivity contribution in [3.63, 3.8) is 0 Å². The second-order valence-corrected chi connectivity index (χ2v) is 17.4. The Morgan fingerprint density at radius 2 is 1.11 bits per heavy atom. The summed E-state index contributed by atoms with van der Waals surface area (Å²) in [5, 5.41) is 3.56. The van der Waals surface area contributed by atoms with Gasteiger partial charge in [-0.15, -0.1) is 0 Å². The highest BCUT2D eigenvalue weighted by molar-refractivity contribution is 7.99. The van der Waals surface area contributed by atoms with Crippen LogP contribution >= 0.6 is 11.8 Å². The lowest BCUT2D eigenvalue weighted by Crippen LogP contribution is -2.32. The zero-order valence-electron chi connectivity index (χ0n) is 34.7. The minimum Gasteiger partial charge on any atom is -0.228 e. The van der Waals surface area contributed by atoms with Crippen molar-refractivity contribution >= 4 is 45.6 Å². The molecule has 0 fully saturated rings. The van der Waals surface area contributed by atoms with Gasteiger partial charge in [-0.1, -0.05) is 225 Å². The fraction of sp³-hybridized carbons (Fsp3) is 0.0333. The molecule has 0 radical (unpaired) electrons. The summed E-state index contributed by atoms with van der Waals surface area (Å²) < 4.78 is 0. The summed E-state index contributed by atoms with van der Waals surface area (Å²) in [6.45, 7) is 6.46. The average Bonchev–Trinajstić information content (AvgIpc) is 3.64. The lowest BCUT2D eigenvalue weighted by Gasteiger charge is -2.41. The molecule has 2 nitrogen and oxygen atoms in total. The van der Waals surface area contributed by atoms with Gasteiger partial charge in [-0.3, -0.25) is 0 Å². The first kappa shape index (κ1) is 37.2. The van der Waals surface area contributed by atoms with Crippen LogP contribution in [0.15, 0.2) is 217 Å². The van der Waals surface area contributed by atoms with E-state index in [0.29, 0.717) is 5.82 Å². The molecule has 1 aliphatic carbocycles. The number of para-hydroxylation sites is 1. The van der Waals surface area contributed by atoms with E-state index < -0.39 is 5.41 Å². The van der Waals surface area contributed by atoms with Crippen LogP contribution in [-0.4, -0.2) is 9.97 Å². The van der Waals surface area contributed by atoms with E-state index in [0.717, 1.165) is 33.3 Å². The van der Waals surface area contributed by atoms with E-state index in [9.17, 15) is 0 Å². The van der Waals surface area contributed by atoms with Crippen LogP contribution in [0.4, 0.5) is 0 Å². The van der Waals surface area contributed by atoms with E-state index in [-0.39, 0.29) is 0 Å². The van der Waals surface area contributed by atoms with E-state index in [4.69, 9.17) is 9.97 Å². The van der Waals surface area contributed by atoms with E-state index in [1.54, 1.807) is 0 Å². The fourth-order valence-corrected chi connectivity index (χ4v) is 11.7. The minimum atomic E-state index is -0.539. The molecule has 0 saturated heterocycles. The predicted molar refractivity (Wildman–Crippen MR) is 265 cm³/mol. The lowest BCUT2D eigenvalue weighted by molar-refractivity contribution is 0.725. The zero-order valence-corrected chi connectivity index (χ0v) is 35.5. The Labute approximate surface area is 372 Å². The molecule has 1 aromatic heterocycles. The molecule has 2 aliphatic rings. The molecule has 1 aliphatic heterocycles. The van der Waals surface area contributed by atoms with Crippen molar-refractivity contribution in [1.29, 1.82) is 0 Å². The van der Waals surface area contributed by atoms with Crippen molar-refractivity contribution in [2.24, 2.45) is 0 Å². The summed E-state index contributed by atoms with van der Waals surface area (Å²) in [5.74, 6) is 0.709. The second kappa shape index (κ2) is 14.8. The number of allylic oxidation sites excluding steroid dienone is 1. The third kappa shape index (κ3) is 5.67. The summed E-state index contributed by atoms with van der Waals surface area (Å²) in [4.78, 5) is 13.0. The number of benzene rings is 9. The molecule has 12 rings (SSSR count). The van der Waals surface area contributed by atoms with Crippen LogP contribution in [0, 0.1) is 0 Å². The van der Waals surface area contributed by atoms with Gasteiger partial charge in [-0.25, -0.2) is 9.97 Å². The van der Waals surface area contributed by atoms with Crippen molar-refractivity contribution in [3.05, 3.63) is 240 Å². The number of fused-ring (bicyclic) bond motifs is 12. The maximum Gasteiger partial charge on any atom is 0.160 e. The Kier molecular flexibility index (Phi) is 8.74. The minimum absolute atomic E-state index is 0.539. The molecular weight excluding hydrogens is 781 g/mol. The summed E-state index contributed by atoms with van der Waals surface area (Å²) >= 11 is 1.90. The zero-order chi connectivity index (χ0) is 42.1. The molecule has 0 amide bonds. The van der Waals surface area contributed by atoms with Gasteiger partial charge < -0.3 is 0 Å². The van der Waals surface area contributed by atoms with Crippen LogP contribution in [-0.2, 0) is 5.41 Å². The molecule has 2 heterocycles. The first-order valence-electron chi connectivity index (χ1n) is 21.5. The quantitative estimate of drug-likeness (QED) is 0.167. The number of hydrogen-bond acceptors (Lipinski definition) is 3. The first-order chi connectivity index (χ1) is 31.1. The molecule has 0 N–H and O–H groups in total. The largest absolute Gasteiger partial charge is 0.228 e. The summed E-state index contributed by atoms with van der Waals surface area (Å²) in [6.07, 6.45) is 6.37. The molecule has 0 saturated carbocycles. The highest BCUT2D eigenvalue weighted by Crippen LogP contribution is 2.65. The SMILES string of the molecule is C=Cc1c(/C=C\C)ccc2c1Sc1c(ccc3ccccc13)C21c2ccccc2-c2c(-c3ccc(-c4nc(-c5ccc(-c6ccccc6)cc5)c5ccccc5n4)cc3)cccc21. The van der Waals surface area contributed by atoms with E-state index >= 15 is 0 Å². The van der Waals surface area contributed by atoms with Crippen LogP contribution < -0.4 is 0 Å². The summed E-state index contributed by atoms with van der Waals surface area (Å²) in [7, 11) is 0. The Balaban J connectivity index is 1.02. The molecule has 9 aromatic carbocycles. The maximum absolute atomic E-state index is 5.26. The standard InChI is InChI=1S/C60H40N2S/c1-3-15-40-34-36-52-57(45(40)4-2)63-58-47-19-9-8-18-41(47)35-37-53(58)60(52)50-23-12-10-20-48(50)55-46(22-14-24-51(55)60)42-28-32-44(33-29-42)59-61-54-25-13-11-21-49(54)56(62-59)43-30-26-39(27-31-43)38-16-6-5-7-17-38/h3-37H,2H2,1H3/b15-3-. The molecule has 0 bridgehead atoms. The smallest absolute Gasteiger partial charge is 0.160 e. The fourth-order valence-electron chi connectivity index (χ4n) is 10.3. The van der Waals surface area contributed by atoms with Crippen LogP contribution in [0.5, 0.6) is 0 Å². The van der Waals surface area contributed by atoms with Gasteiger partial charge in [0.15, 0.2) is 5.82 Å². The topological polar surface area (TPSA) is 25.8 Å². The van der Waals surface area contributed by atoms with Gasteiger partial charge in [0.1, 0.15) is 0 Å². The number of aromatic nitrogens is 2. The van der Waals surface area contributed by atoms with Gasteiger partial charge in [0.25, 0.3) is 0 Å². The molecular formula is C60H40N2S. The Hall–Kier alpha value is -7.59. The lowest BCUT2D eigenvalue weighted by atomic mass is 9.66. The third-order valence-electron chi connectivity index (χ3n) is 13.1. The first-order valence-corrected chi connectivity index (χ1v) is 22.4. The van der Waals surface area contributed by atoms with Gasteiger partial charge in [0, 0.05) is 26.3 Å². The monoisotopic (exact) mass is 820 g/mol. The van der Waals surface area contributed by atoms with Gasteiger partial charge in [-0.2, -0.15) is 0 Å². The maximum atomic E-state index is 5.26. The number of nitrogens with zero attached hydrogens (tertiary/aromatic N) is 2. The number of hydrogen-bond donors (Lipinski definition) is 0. The van der Waals surface area contributed by atoms with Crippen LogP contribution in [0.3, 0.4) is 0 Å². The molecule has 296 valence electrons. The molecule has 1 unspecified atom stereocenters. The average molecular weight is 821 g/mol. The highest BCUT2D eigenvalue weighted by Gasteiger charge is 2.51. The predicted octanol–water partition coefficient (Wildman–Crippen LogP) is 16.0. The van der Waals surface area contributed by atoms with Crippen LogP contribution in [0.1, 0.15) is 40.3 Å². The van der Waals surface area contributed by atoms with Gasteiger partial charge in [0.2, 0.25) is 0 Å². The van der Waals surface area contributed by atoms with E-state index in [1.807, 2.05) is 11.8 Å². The number of rotatable bonds is 6. The van der Waals surface area contributed by atoms with Crippen molar-refractivity contribution in [3.8, 4) is 56.0 Å². The van der Waals surface area contributed by atoms with Crippen molar-refractivity contribution in [1.82, 2.24) is 9.97 Å². The molecule has 3 heteroatoms. The van der Waals surface area contributed by atoms with E-state index in [2.05, 4.69) is 226 Å². The van der Waals surface area contributed by atoms with Gasteiger partial charge in [0.05, 0.1) is 16.6 Å². The Bertz CT molecular complexity index is 3490. The van der Waals surface area contributed by atoms with Gasteiger partial charge >= 0.3 is 0 Å². The Morgan fingerprint density at radius 1 is 0.476 bits per heavy atom. The Morgan fingerprint density at radius 3 is 1.94 bits per heavy atom. The van der Waals surface area contributed by atoms with Crippen LogP contribution in [0.25, 0.3) is 89.9 Å². The molecule has 1 spiro atoms. The van der Waals surface area contributed by atoms with Crippen molar-refractivity contribution in [2.75, 3.05) is 0 Å². The van der Waals surface area contributed by atoms with Crippen LogP contribution in [0.2, 0.25) is 0 Å². The third-order valence-corrected chi connectivity index (χ3v) is 14.4. The normalized spacial score (nSPS) is 14.7. The molecule has 63 heavy (non-hydrogen) atoms. The van der Waals surface area contributed by atoms with Gasteiger partial charge in [-0.05, 0) is 90.5 Å². The van der Waals surface area contributed by atoms with Crippen molar-refractivity contribution in [2.45, 2.75) is 22.1 Å². The summed E-state index contributed by atoms with van der Waals surface area (Å²) in [5.41, 5.74) is 18.2. The van der Waals surface area contributed by atoms with Crippen molar-refractivity contribution < 1.29 is 0 Å².